The number of rotatable bonds is 5. The van der Waals surface area contributed by atoms with E-state index in [1.165, 1.54) is 12.5 Å². The van der Waals surface area contributed by atoms with Crippen LogP contribution < -0.4 is 9.47 Å². The van der Waals surface area contributed by atoms with Gasteiger partial charge in [0.15, 0.2) is 5.78 Å². The van der Waals surface area contributed by atoms with E-state index in [-0.39, 0.29) is 11.2 Å². The van der Waals surface area contributed by atoms with E-state index >= 15 is 0 Å². The Bertz CT molecular complexity index is 679. The second kappa shape index (κ2) is 6.86. The zero-order chi connectivity index (χ0) is 17.0. The molecule has 0 saturated carbocycles. The van der Waals surface area contributed by atoms with E-state index in [4.69, 9.17) is 9.47 Å². The molecule has 0 unspecified atom stereocenters. The first-order chi connectivity index (χ1) is 10.8. The van der Waals surface area contributed by atoms with Crippen LogP contribution in [0.2, 0.25) is 0 Å². The molecule has 122 valence electrons. The number of carbonyl (C=O) groups is 1. The van der Waals surface area contributed by atoms with Gasteiger partial charge in [0, 0.05) is 11.6 Å². The molecule has 0 atom stereocenters. The molecule has 23 heavy (non-hydrogen) atoms. The average molecular weight is 312 g/mol. The van der Waals surface area contributed by atoms with E-state index in [1.54, 1.807) is 25.3 Å². The molecule has 0 aromatic heterocycles. The number of carbonyl (C=O) groups excluding carboxylic acids is 1. The Hall–Kier alpha value is -2.29. The van der Waals surface area contributed by atoms with E-state index in [0.717, 1.165) is 5.56 Å². The van der Waals surface area contributed by atoms with Gasteiger partial charge in [-0.2, -0.15) is 0 Å². The van der Waals surface area contributed by atoms with Crippen LogP contribution in [-0.4, -0.2) is 12.9 Å². The van der Waals surface area contributed by atoms with Gasteiger partial charge >= 0.3 is 0 Å². The van der Waals surface area contributed by atoms with E-state index in [2.05, 4.69) is 45.0 Å². The molecule has 0 saturated heterocycles. The largest absolute Gasteiger partial charge is 0.497 e. The van der Waals surface area contributed by atoms with Gasteiger partial charge in [0.05, 0.1) is 7.11 Å². The van der Waals surface area contributed by atoms with Crippen LogP contribution in [0, 0.1) is 0 Å². The summed E-state index contributed by atoms with van der Waals surface area (Å²) in [6.45, 7) is 8.56. The van der Waals surface area contributed by atoms with Gasteiger partial charge in [-0.3, -0.25) is 4.79 Å². The summed E-state index contributed by atoms with van der Waals surface area (Å²) >= 11 is 0. The number of hydrogen-bond acceptors (Lipinski definition) is 3. The molecule has 2 rings (SSSR count). The number of ether oxygens (including phenoxy) is 2. The van der Waals surface area contributed by atoms with Crippen molar-refractivity contribution >= 4 is 5.78 Å². The standard InChI is InChI=1S/C20H24O3/c1-14(21)16-10-18(22-5)12-19(11-16)23-13-15-6-8-17(9-7-15)20(2,3)4/h6-12H,13H2,1-5H3. The molecule has 0 radical (unpaired) electrons. The molecule has 0 aliphatic heterocycles. The molecule has 0 bridgehead atoms. The summed E-state index contributed by atoms with van der Waals surface area (Å²) in [4.78, 5) is 11.6. The van der Waals surface area contributed by atoms with E-state index in [9.17, 15) is 4.79 Å². The minimum Gasteiger partial charge on any atom is -0.497 e. The lowest BCUT2D eigenvalue weighted by Gasteiger charge is -2.19. The Balaban J connectivity index is 2.11. The normalized spacial score (nSPS) is 11.2. The number of methoxy groups -OCH3 is 1. The molecule has 0 fully saturated rings. The number of Topliss-reactive ketones (excluding diaryl/α,β-unsaturated/α-hetero) is 1. The van der Waals surface area contributed by atoms with Crippen molar-refractivity contribution in [3.8, 4) is 11.5 Å². The molecular weight excluding hydrogens is 288 g/mol. The molecular formula is C20H24O3. The fourth-order valence-corrected chi connectivity index (χ4v) is 2.24. The molecule has 2 aromatic rings. The van der Waals surface area contributed by atoms with Gasteiger partial charge in [0.25, 0.3) is 0 Å². The molecule has 0 N–H and O–H groups in total. The quantitative estimate of drug-likeness (QED) is 0.746. The summed E-state index contributed by atoms with van der Waals surface area (Å²) in [6, 6.07) is 13.7. The smallest absolute Gasteiger partial charge is 0.160 e. The summed E-state index contributed by atoms with van der Waals surface area (Å²) in [7, 11) is 1.58. The summed E-state index contributed by atoms with van der Waals surface area (Å²) in [5.41, 5.74) is 3.11. The van der Waals surface area contributed by atoms with E-state index in [0.29, 0.717) is 23.7 Å². The van der Waals surface area contributed by atoms with Crippen molar-refractivity contribution in [3.05, 3.63) is 59.2 Å². The number of hydrogen-bond donors (Lipinski definition) is 0. The Morgan fingerprint density at radius 3 is 2.13 bits per heavy atom. The summed E-state index contributed by atoms with van der Waals surface area (Å²) in [5.74, 6) is 1.24. The Morgan fingerprint density at radius 2 is 1.61 bits per heavy atom. The van der Waals surface area contributed by atoms with Crippen molar-refractivity contribution in [2.24, 2.45) is 0 Å². The molecule has 0 aliphatic rings. The molecule has 3 nitrogen and oxygen atoms in total. The highest BCUT2D eigenvalue weighted by atomic mass is 16.5. The summed E-state index contributed by atoms with van der Waals surface area (Å²) in [5, 5.41) is 0. The maximum Gasteiger partial charge on any atom is 0.160 e. The highest BCUT2D eigenvalue weighted by Crippen LogP contribution is 2.25. The van der Waals surface area contributed by atoms with Crippen LogP contribution in [-0.2, 0) is 12.0 Å². The SMILES string of the molecule is COc1cc(OCc2ccc(C(C)(C)C)cc2)cc(C(C)=O)c1. The first kappa shape index (κ1) is 17.1. The lowest BCUT2D eigenvalue weighted by atomic mass is 9.87. The predicted molar refractivity (Wildman–Crippen MR) is 92.5 cm³/mol. The highest BCUT2D eigenvalue weighted by Gasteiger charge is 2.13. The van der Waals surface area contributed by atoms with E-state index < -0.39 is 0 Å². The van der Waals surface area contributed by atoms with Crippen LogP contribution in [0.4, 0.5) is 0 Å². The average Bonchev–Trinajstić information content (AvgIpc) is 2.52. The summed E-state index contributed by atoms with van der Waals surface area (Å²) < 4.78 is 11.0. The van der Waals surface area contributed by atoms with E-state index in [1.807, 2.05) is 0 Å². The molecule has 0 heterocycles. The molecule has 0 spiro atoms. The van der Waals surface area contributed by atoms with Crippen LogP contribution in [0.5, 0.6) is 11.5 Å². The van der Waals surface area contributed by atoms with Gasteiger partial charge in [-0.25, -0.2) is 0 Å². The first-order valence-electron chi connectivity index (χ1n) is 7.72. The molecule has 3 heteroatoms. The minimum absolute atomic E-state index is 0.0109. The van der Waals surface area contributed by atoms with Crippen molar-refractivity contribution in [1.82, 2.24) is 0 Å². The number of benzene rings is 2. The minimum atomic E-state index is -0.0109. The third kappa shape index (κ3) is 4.59. The van der Waals surface area contributed by atoms with Gasteiger partial charge in [0.2, 0.25) is 0 Å². The van der Waals surface area contributed by atoms with Gasteiger partial charge in [-0.05, 0) is 35.6 Å². The molecule has 0 amide bonds. The molecule has 2 aromatic carbocycles. The van der Waals surface area contributed by atoms with Crippen molar-refractivity contribution in [2.45, 2.75) is 39.7 Å². The zero-order valence-corrected chi connectivity index (χ0v) is 14.5. The summed E-state index contributed by atoms with van der Waals surface area (Å²) in [6.07, 6.45) is 0. The zero-order valence-electron chi connectivity index (χ0n) is 14.5. The van der Waals surface area contributed by atoms with Crippen molar-refractivity contribution < 1.29 is 14.3 Å². The number of ketones is 1. The van der Waals surface area contributed by atoms with Gasteiger partial charge in [-0.1, -0.05) is 45.0 Å². The third-order valence-corrected chi connectivity index (χ3v) is 3.75. The first-order valence-corrected chi connectivity index (χ1v) is 7.72. The van der Waals surface area contributed by atoms with Crippen molar-refractivity contribution in [3.63, 3.8) is 0 Å². The van der Waals surface area contributed by atoms with Crippen LogP contribution in [0.15, 0.2) is 42.5 Å². The van der Waals surface area contributed by atoms with Crippen molar-refractivity contribution in [1.29, 1.82) is 0 Å². The Labute approximate surface area is 138 Å². The Kier molecular flexibility index (Phi) is 5.09. The predicted octanol–water partition coefficient (Wildman–Crippen LogP) is 4.77. The van der Waals surface area contributed by atoms with Crippen molar-refractivity contribution in [2.75, 3.05) is 7.11 Å². The maximum atomic E-state index is 11.6. The molecule has 0 aliphatic carbocycles. The second-order valence-electron chi connectivity index (χ2n) is 6.69. The van der Waals surface area contributed by atoms with Crippen LogP contribution >= 0.6 is 0 Å². The van der Waals surface area contributed by atoms with Gasteiger partial charge in [-0.15, -0.1) is 0 Å². The lowest BCUT2D eigenvalue weighted by Crippen LogP contribution is -2.10. The third-order valence-electron chi connectivity index (χ3n) is 3.75. The van der Waals surface area contributed by atoms with Crippen LogP contribution in [0.3, 0.4) is 0 Å². The van der Waals surface area contributed by atoms with Crippen LogP contribution in [0.1, 0.15) is 49.2 Å². The lowest BCUT2D eigenvalue weighted by molar-refractivity contribution is 0.101. The van der Waals surface area contributed by atoms with Crippen LogP contribution in [0.25, 0.3) is 0 Å². The fourth-order valence-electron chi connectivity index (χ4n) is 2.24. The highest BCUT2D eigenvalue weighted by molar-refractivity contribution is 5.94. The second-order valence-corrected chi connectivity index (χ2v) is 6.69. The Morgan fingerprint density at radius 1 is 1.00 bits per heavy atom. The fraction of sp³-hybridized carbons (Fsp3) is 0.350. The van der Waals surface area contributed by atoms with Gasteiger partial charge < -0.3 is 9.47 Å². The maximum absolute atomic E-state index is 11.6. The topological polar surface area (TPSA) is 35.5 Å². The monoisotopic (exact) mass is 312 g/mol. The van der Waals surface area contributed by atoms with Gasteiger partial charge in [0.1, 0.15) is 18.1 Å².